The molecule has 0 radical (unpaired) electrons. The second kappa shape index (κ2) is 5.95. The van der Waals surface area contributed by atoms with Crippen molar-refractivity contribution >= 4 is 22.4 Å². The molecular weight excluding hydrogens is 279 g/mol. The molecule has 0 saturated heterocycles. The van der Waals surface area contributed by atoms with Crippen molar-refractivity contribution in [1.82, 2.24) is 0 Å². The lowest BCUT2D eigenvalue weighted by atomic mass is 10.0. The van der Waals surface area contributed by atoms with Crippen molar-refractivity contribution in [3.63, 3.8) is 0 Å². The summed E-state index contributed by atoms with van der Waals surface area (Å²) in [5.74, 6) is -0.639. The minimum atomic E-state index is -0.366. The van der Waals surface area contributed by atoms with Gasteiger partial charge in [-0.3, -0.25) is 4.79 Å². The maximum atomic E-state index is 12.9. The topological polar surface area (TPSA) is 55.1 Å². The number of hydrogen-bond acceptors (Lipinski definition) is 2. The Bertz CT molecular complexity index is 828. The smallest absolute Gasteiger partial charge is 0.255 e. The molecule has 3 rings (SSSR count). The summed E-state index contributed by atoms with van der Waals surface area (Å²) in [4.78, 5) is 12.3. The Balaban J connectivity index is 1.97. The van der Waals surface area contributed by atoms with Gasteiger partial charge in [0.1, 0.15) is 5.82 Å². The zero-order valence-electron chi connectivity index (χ0n) is 11.8. The lowest BCUT2D eigenvalue weighted by Crippen LogP contribution is -2.12. The quantitative estimate of drug-likeness (QED) is 0.774. The van der Waals surface area contributed by atoms with E-state index in [4.69, 9.17) is 5.73 Å². The fourth-order valence-corrected chi connectivity index (χ4v) is 2.44. The Kier molecular flexibility index (Phi) is 3.85. The van der Waals surface area contributed by atoms with Gasteiger partial charge >= 0.3 is 0 Å². The van der Waals surface area contributed by atoms with Crippen LogP contribution in [0.4, 0.5) is 10.1 Å². The Morgan fingerprint density at radius 1 is 0.955 bits per heavy atom. The lowest BCUT2D eigenvalue weighted by molar-refractivity contribution is 0.102. The molecule has 3 N–H and O–H groups in total. The van der Waals surface area contributed by atoms with Crippen LogP contribution in [0.15, 0.2) is 60.7 Å². The van der Waals surface area contributed by atoms with Crippen LogP contribution in [0.1, 0.15) is 15.9 Å². The fourth-order valence-electron chi connectivity index (χ4n) is 2.44. The summed E-state index contributed by atoms with van der Waals surface area (Å²) in [6, 6.07) is 17.0. The maximum Gasteiger partial charge on any atom is 0.255 e. The number of benzene rings is 3. The van der Waals surface area contributed by atoms with Crippen LogP contribution in [0.2, 0.25) is 0 Å². The molecule has 22 heavy (non-hydrogen) atoms. The van der Waals surface area contributed by atoms with E-state index in [-0.39, 0.29) is 11.7 Å². The highest BCUT2D eigenvalue weighted by Gasteiger charge is 2.10. The average molecular weight is 294 g/mol. The van der Waals surface area contributed by atoms with E-state index in [2.05, 4.69) is 5.32 Å². The van der Waals surface area contributed by atoms with Gasteiger partial charge in [-0.2, -0.15) is 0 Å². The molecule has 0 aliphatic heterocycles. The second-order valence-electron chi connectivity index (χ2n) is 4.98. The van der Waals surface area contributed by atoms with Crippen molar-refractivity contribution in [2.75, 3.05) is 5.32 Å². The first-order chi connectivity index (χ1) is 10.7. The molecule has 0 saturated carbocycles. The van der Waals surface area contributed by atoms with Crippen LogP contribution >= 0.6 is 0 Å². The van der Waals surface area contributed by atoms with Gasteiger partial charge in [-0.25, -0.2) is 4.39 Å². The number of halogens is 1. The SMILES string of the molecule is NCc1ccc(NC(=O)c2ccc(F)cc2)c2ccccc12. The number of rotatable bonds is 3. The zero-order valence-corrected chi connectivity index (χ0v) is 11.8. The molecule has 0 aliphatic rings. The predicted octanol–water partition coefficient (Wildman–Crippen LogP) is 3.69. The molecule has 0 atom stereocenters. The van der Waals surface area contributed by atoms with Gasteiger partial charge in [0.25, 0.3) is 5.91 Å². The molecule has 0 spiro atoms. The number of carbonyl (C=O) groups is 1. The molecule has 0 unspecified atom stereocenters. The van der Waals surface area contributed by atoms with Crippen LogP contribution in [0, 0.1) is 5.82 Å². The van der Waals surface area contributed by atoms with E-state index in [9.17, 15) is 9.18 Å². The van der Waals surface area contributed by atoms with E-state index in [1.54, 1.807) is 0 Å². The molecule has 0 heterocycles. The van der Waals surface area contributed by atoms with E-state index in [0.29, 0.717) is 17.8 Å². The van der Waals surface area contributed by atoms with Crippen LogP contribution in [0.25, 0.3) is 10.8 Å². The Labute approximate surface area is 127 Å². The van der Waals surface area contributed by atoms with Gasteiger partial charge in [-0.1, -0.05) is 30.3 Å². The third-order valence-electron chi connectivity index (χ3n) is 3.59. The van der Waals surface area contributed by atoms with E-state index >= 15 is 0 Å². The van der Waals surface area contributed by atoms with Gasteiger partial charge < -0.3 is 11.1 Å². The molecule has 0 aliphatic carbocycles. The number of anilines is 1. The number of amides is 1. The van der Waals surface area contributed by atoms with Crippen LogP contribution < -0.4 is 11.1 Å². The van der Waals surface area contributed by atoms with Crippen LogP contribution in [-0.4, -0.2) is 5.91 Å². The number of nitrogens with two attached hydrogens (primary N) is 1. The summed E-state index contributed by atoms with van der Waals surface area (Å²) < 4.78 is 12.9. The van der Waals surface area contributed by atoms with Gasteiger partial charge in [0.2, 0.25) is 0 Å². The normalized spacial score (nSPS) is 10.6. The highest BCUT2D eigenvalue weighted by molar-refractivity contribution is 6.09. The standard InChI is InChI=1S/C18H15FN2O/c19-14-8-5-12(6-9-14)18(22)21-17-10-7-13(11-20)15-3-1-2-4-16(15)17/h1-10H,11,20H2,(H,21,22). The van der Waals surface area contributed by atoms with Gasteiger partial charge in [0.15, 0.2) is 0 Å². The third-order valence-corrected chi connectivity index (χ3v) is 3.59. The van der Waals surface area contributed by atoms with Gasteiger partial charge in [0, 0.05) is 23.2 Å². The summed E-state index contributed by atoms with van der Waals surface area (Å²) in [6.07, 6.45) is 0. The molecule has 0 bridgehead atoms. The molecule has 3 aromatic rings. The van der Waals surface area contributed by atoms with Gasteiger partial charge in [0.05, 0.1) is 0 Å². The minimum absolute atomic E-state index is 0.273. The third kappa shape index (κ3) is 2.69. The van der Waals surface area contributed by atoms with E-state index < -0.39 is 0 Å². The Morgan fingerprint density at radius 2 is 1.64 bits per heavy atom. The first kappa shape index (κ1) is 14.2. The van der Waals surface area contributed by atoms with Crippen LogP contribution in [-0.2, 0) is 6.54 Å². The minimum Gasteiger partial charge on any atom is -0.326 e. The van der Waals surface area contributed by atoms with Crippen molar-refractivity contribution in [2.24, 2.45) is 5.73 Å². The molecule has 110 valence electrons. The molecule has 0 aromatic heterocycles. The van der Waals surface area contributed by atoms with Crippen molar-refractivity contribution in [1.29, 1.82) is 0 Å². The van der Waals surface area contributed by atoms with E-state index in [1.807, 2.05) is 36.4 Å². The Morgan fingerprint density at radius 3 is 2.32 bits per heavy atom. The lowest BCUT2D eigenvalue weighted by Gasteiger charge is -2.11. The summed E-state index contributed by atoms with van der Waals surface area (Å²) in [7, 11) is 0. The maximum absolute atomic E-state index is 12.9. The van der Waals surface area contributed by atoms with Crippen molar-refractivity contribution in [3.05, 3.63) is 77.6 Å². The zero-order chi connectivity index (χ0) is 15.5. The highest BCUT2D eigenvalue weighted by atomic mass is 19.1. The number of carbonyl (C=O) groups excluding carboxylic acids is 1. The second-order valence-corrected chi connectivity index (χ2v) is 4.98. The monoisotopic (exact) mass is 294 g/mol. The number of hydrogen-bond donors (Lipinski definition) is 2. The van der Waals surface area contributed by atoms with Crippen LogP contribution in [0.3, 0.4) is 0 Å². The first-order valence-corrected chi connectivity index (χ1v) is 6.96. The fraction of sp³-hybridized carbons (Fsp3) is 0.0556. The van der Waals surface area contributed by atoms with Crippen molar-refractivity contribution < 1.29 is 9.18 Å². The predicted molar refractivity (Wildman–Crippen MR) is 86.2 cm³/mol. The van der Waals surface area contributed by atoms with Gasteiger partial charge in [-0.15, -0.1) is 0 Å². The number of nitrogens with one attached hydrogen (secondary N) is 1. The van der Waals surface area contributed by atoms with Crippen molar-refractivity contribution in [3.8, 4) is 0 Å². The molecule has 0 fully saturated rings. The summed E-state index contributed by atoms with van der Waals surface area (Å²) in [5.41, 5.74) is 7.89. The largest absolute Gasteiger partial charge is 0.326 e. The molecule has 3 nitrogen and oxygen atoms in total. The van der Waals surface area contributed by atoms with E-state index in [1.165, 1.54) is 24.3 Å². The van der Waals surface area contributed by atoms with Crippen molar-refractivity contribution in [2.45, 2.75) is 6.54 Å². The molecule has 4 heteroatoms. The van der Waals surface area contributed by atoms with Gasteiger partial charge in [-0.05, 0) is 41.3 Å². The first-order valence-electron chi connectivity index (χ1n) is 6.96. The van der Waals surface area contributed by atoms with E-state index in [0.717, 1.165) is 16.3 Å². The molecule has 3 aromatic carbocycles. The highest BCUT2D eigenvalue weighted by Crippen LogP contribution is 2.27. The molecular formula is C18H15FN2O. The average Bonchev–Trinajstić information content (AvgIpc) is 2.55. The molecule has 1 amide bonds. The van der Waals surface area contributed by atoms with Crippen LogP contribution in [0.5, 0.6) is 0 Å². The summed E-state index contributed by atoms with van der Waals surface area (Å²) in [6.45, 7) is 0.437. The summed E-state index contributed by atoms with van der Waals surface area (Å²) in [5, 5.41) is 4.82. The number of fused-ring (bicyclic) bond motifs is 1. The Hall–Kier alpha value is -2.72. The summed E-state index contributed by atoms with van der Waals surface area (Å²) >= 11 is 0.